The lowest BCUT2D eigenvalue weighted by Gasteiger charge is -2.07. The predicted molar refractivity (Wildman–Crippen MR) is 76.0 cm³/mol. The van der Waals surface area contributed by atoms with Gasteiger partial charge in [-0.3, -0.25) is 4.79 Å². The van der Waals surface area contributed by atoms with E-state index in [1.54, 1.807) is 7.11 Å². The highest BCUT2D eigenvalue weighted by Gasteiger charge is 2.14. The Morgan fingerprint density at radius 1 is 1.40 bits per heavy atom. The number of para-hydroxylation sites is 1. The summed E-state index contributed by atoms with van der Waals surface area (Å²) in [6.45, 7) is 0. The van der Waals surface area contributed by atoms with Crippen LogP contribution < -0.4 is 4.74 Å². The summed E-state index contributed by atoms with van der Waals surface area (Å²) in [7, 11) is 3.46. The number of aliphatic carboxylic acids is 1. The second-order valence-corrected chi connectivity index (χ2v) is 5.12. The lowest BCUT2D eigenvalue weighted by atomic mass is 10.2. The lowest BCUT2D eigenvalue weighted by Crippen LogP contribution is -1.99. The van der Waals surface area contributed by atoms with Crippen LogP contribution in [0.4, 0.5) is 0 Å². The highest BCUT2D eigenvalue weighted by Crippen LogP contribution is 2.29. The van der Waals surface area contributed by atoms with Gasteiger partial charge in [-0.05, 0) is 12.1 Å². The Kier molecular flexibility index (Phi) is 4.62. The molecular formula is C13H15N3O3S. The number of hydrogen-bond donors (Lipinski definition) is 1. The Balaban J connectivity index is 2.22. The van der Waals surface area contributed by atoms with Crippen molar-refractivity contribution in [1.82, 2.24) is 14.8 Å². The summed E-state index contributed by atoms with van der Waals surface area (Å²) in [4.78, 5) is 10.5. The molecule has 0 aliphatic carbocycles. The molecule has 0 atom stereocenters. The molecule has 1 aromatic heterocycles. The average Bonchev–Trinajstić information content (AvgIpc) is 2.80. The number of carbonyl (C=O) groups is 1. The fourth-order valence-corrected chi connectivity index (χ4v) is 2.57. The van der Waals surface area contributed by atoms with E-state index in [0.29, 0.717) is 16.7 Å². The fourth-order valence-electron chi connectivity index (χ4n) is 1.73. The van der Waals surface area contributed by atoms with Gasteiger partial charge in [-0.15, -0.1) is 10.2 Å². The topological polar surface area (TPSA) is 77.2 Å². The summed E-state index contributed by atoms with van der Waals surface area (Å²) in [6.07, 6.45) is 0.0987. The van der Waals surface area contributed by atoms with E-state index < -0.39 is 5.97 Å². The summed E-state index contributed by atoms with van der Waals surface area (Å²) >= 11 is 1.37. The first-order valence-electron chi connectivity index (χ1n) is 6.01. The zero-order valence-electron chi connectivity index (χ0n) is 11.2. The number of benzene rings is 1. The highest BCUT2D eigenvalue weighted by atomic mass is 32.2. The van der Waals surface area contributed by atoms with E-state index in [9.17, 15) is 4.79 Å². The largest absolute Gasteiger partial charge is 0.496 e. The van der Waals surface area contributed by atoms with E-state index in [0.717, 1.165) is 11.3 Å². The van der Waals surface area contributed by atoms with Crippen molar-refractivity contribution >= 4 is 17.7 Å². The third-order valence-electron chi connectivity index (χ3n) is 2.73. The minimum absolute atomic E-state index is 0.0987. The third-order valence-corrected chi connectivity index (χ3v) is 3.75. The zero-order chi connectivity index (χ0) is 14.5. The first-order valence-corrected chi connectivity index (χ1v) is 6.99. The molecule has 1 aromatic carbocycles. The normalized spacial score (nSPS) is 10.5. The van der Waals surface area contributed by atoms with E-state index in [2.05, 4.69) is 10.2 Å². The van der Waals surface area contributed by atoms with Crippen LogP contribution in [0.2, 0.25) is 0 Å². The molecule has 0 bridgehead atoms. The number of aromatic nitrogens is 3. The number of carboxylic acid groups (broad SMARTS) is 1. The molecule has 1 heterocycles. The van der Waals surface area contributed by atoms with Gasteiger partial charge >= 0.3 is 5.97 Å². The Morgan fingerprint density at radius 2 is 2.15 bits per heavy atom. The Bertz CT molecular complexity index is 613. The molecule has 0 amide bonds. The van der Waals surface area contributed by atoms with E-state index in [4.69, 9.17) is 9.84 Å². The summed E-state index contributed by atoms with van der Waals surface area (Å²) in [6, 6.07) is 7.57. The fraction of sp³-hybridized carbons (Fsp3) is 0.308. The van der Waals surface area contributed by atoms with Gasteiger partial charge in [-0.25, -0.2) is 0 Å². The van der Waals surface area contributed by atoms with Gasteiger partial charge in [0.15, 0.2) is 11.0 Å². The van der Waals surface area contributed by atoms with Crippen molar-refractivity contribution in [2.45, 2.75) is 11.6 Å². The van der Waals surface area contributed by atoms with Gasteiger partial charge < -0.3 is 14.4 Å². The highest BCUT2D eigenvalue weighted by molar-refractivity contribution is 7.99. The van der Waals surface area contributed by atoms with Crippen LogP contribution in [0, 0.1) is 0 Å². The molecule has 0 unspecified atom stereocenters. The summed E-state index contributed by atoms with van der Waals surface area (Å²) in [5.41, 5.74) is 0.857. The maximum atomic E-state index is 10.5. The molecule has 1 N–H and O–H groups in total. The standard InChI is InChI=1S/C13H15N3O3S/c1-16-12(9-5-3-4-6-10(9)19-2)14-15-13(16)20-8-7-11(17)18/h3-6H,7-8H2,1-2H3,(H,17,18). The Morgan fingerprint density at radius 3 is 2.85 bits per heavy atom. The first kappa shape index (κ1) is 14.4. The Labute approximate surface area is 120 Å². The molecule has 0 aliphatic rings. The molecule has 6 nitrogen and oxygen atoms in total. The monoisotopic (exact) mass is 293 g/mol. The minimum Gasteiger partial charge on any atom is -0.496 e. The van der Waals surface area contributed by atoms with Crippen LogP contribution in [0.25, 0.3) is 11.4 Å². The van der Waals surface area contributed by atoms with Crippen molar-refractivity contribution in [3.05, 3.63) is 24.3 Å². The van der Waals surface area contributed by atoms with Crippen molar-refractivity contribution in [3.8, 4) is 17.1 Å². The number of methoxy groups -OCH3 is 1. The van der Waals surface area contributed by atoms with Crippen LogP contribution >= 0.6 is 11.8 Å². The quantitative estimate of drug-likeness (QED) is 0.821. The maximum absolute atomic E-state index is 10.5. The third kappa shape index (κ3) is 3.11. The molecule has 0 saturated heterocycles. The zero-order valence-corrected chi connectivity index (χ0v) is 12.1. The molecule has 0 spiro atoms. The van der Waals surface area contributed by atoms with Gasteiger partial charge in [0.05, 0.1) is 19.1 Å². The number of thioether (sulfide) groups is 1. The number of nitrogens with zero attached hydrogens (tertiary/aromatic N) is 3. The van der Waals surface area contributed by atoms with Gasteiger partial charge in [0.2, 0.25) is 0 Å². The number of hydrogen-bond acceptors (Lipinski definition) is 5. The van der Waals surface area contributed by atoms with Crippen LogP contribution in [-0.4, -0.2) is 38.7 Å². The van der Waals surface area contributed by atoms with Crippen molar-refractivity contribution in [3.63, 3.8) is 0 Å². The van der Waals surface area contributed by atoms with Gasteiger partial charge in [-0.1, -0.05) is 23.9 Å². The van der Waals surface area contributed by atoms with Crippen LogP contribution in [0.15, 0.2) is 29.4 Å². The molecule has 2 aromatic rings. The van der Waals surface area contributed by atoms with Crippen molar-refractivity contribution in [2.75, 3.05) is 12.9 Å². The van der Waals surface area contributed by atoms with Crippen molar-refractivity contribution < 1.29 is 14.6 Å². The van der Waals surface area contributed by atoms with Crippen LogP contribution in [-0.2, 0) is 11.8 Å². The molecular weight excluding hydrogens is 278 g/mol. The van der Waals surface area contributed by atoms with E-state index in [1.165, 1.54) is 11.8 Å². The van der Waals surface area contributed by atoms with Crippen LogP contribution in [0.3, 0.4) is 0 Å². The van der Waals surface area contributed by atoms with Gasteiger partial charge in [-0.2, -0.15) is 0 Å². The maximum Gasteiger partial charge on any atom is 0.304 e. The van der Waals surface area contributed by atoms with E-state index >= 15 is 0 Å². The summed E-state index contributed by atoms with van der Waals surface area (Å²) in [5, 5.41) is 17.6. The molecule has 2 rings (SSSR count). The molecule has 0 fully saturated rings. The number of carboxylic acids is 1. The second kappa shape index (κ2) is 6.42. The molecule has 0 radical (unpaired) electrons. The Hall–Kier alpha value is -2.02. The van der Waals surface area contributed by atoms with Gasteiger partial charge in [0.1, 0.15) is 5.75 Å². The average molecular weight is 293 g/mol. The molecule has 7 heteroatoms. The first-order chi connectivity index (χ1) is 9.63. The molecule has 0 aliphatic heterocycles. The smallest absolute Gasteiger partial charge is 0.304 e. The summed E-state index contributed by atoms with van der Waals surface area (Å²) in [5.74, 6) is 1.07. The summed E-state index contributed by atoms with van der Waals surface area (Å²) < 4.78 is 7.15. The molecule has 0 saturated carbocycles. The molecule has 20 heavy (non-hydrogen) atoms. The van der Waals surface area contributed by atoms with Crippen molar-refractivity contribution in [2.24, 2.45) is 7.05 Å². The second-order valence-electron chi connectivity index (χ2n) is 4.06. The van der Waals surface area contributed by atoms with Crippen molar-refractivity contribution in [1.29, 1.82) is 0 Å². The lowest BCUT2D eigenvalue weighted by molar-refractivity contribution is -0.136. The number of ether oxygens (including phenoxy) is 1. The molecule has 106 valence electrons. The van der Waals surface area contributed by atoms with Crippen LogP contribution in [0.5, 0.6) is 5.75 Å². The minimum atomic E-state index is -0.815. The van der Waals surface area contributed by atoms with Crippen LogP contribution in [0.1, 0.15) is 6.42 Å². The predicted octanol–water partition coefficient (Wildman–Crippen LogP) is 2.06. The van der Waals surface area contributed by atoms with Gasteiger partial charge in [0, 0.05) is 12.8 Å². The number of rotatable bonds is 6. The van der Waals surface area contributed by atoms with E-state index in [-0.39, 0.29) is 6.42 Å². The SMILES string of the molecule is COc1ccccc1-c1nnc(SCCC(=O)O)n1C. The van der Waals surface area contributed by atoms with E-state index in [1.807, 2.05) is 35.9 Å². The van der Waals surface area contributed by atoms with Gasteiger partial charge in [0.25, 0.3) is 0 Å².